The molecule has 19 heavy (non-hydrogen) atoms. The first kappa shape index (κ1) is 14.0. The fraction of sp³-hybridized carbons (Fsp3) is 0.357. The molecular weight excluding hydrogens is 258 g/mol. The molecule has 0 aliphatic heterocycles. The maximum Gasteiger partial charge on any atom is 0.304 e. The lowest BCUT2D eigenvalue weighted by Gasteiger charge is -2.10. The van der Waals surface area contributed by atoms with Crippen LogP contribution in [-0.2, 0) is 19.5 Å². The second-order valence-corrected chi connectivity index (χ2v) is 5.24. The summed E-state index contributed by atoms with van der Waals surface area (Å²) in [6.07, 6.45) is 1.03. The van der Waals surface area contributed by atoms with Gasteiger partial charge in [-0.25, -0.2) is 0 Å². The van der Waals surface area contributed by atoms with Crippen LogP contribution in [-0.4, -0.2) is 18.6 Å². The standard InChI is InChI=1S/C14H19N3OS/c1-15-7-6-11-4-2-3-5-12(11)8-16-9-13-10-19-14(18)17-13/h2-5,10,15-16H,6-9H2,1H3,(H,17,18). The van der Waals surface area contributed by atoms with Crippen molar-refractivity contribution in [3.63, 3.8) is 0 Å². The molecule has 0 saturated heterocycles. The Morgan fingerprint density at radius 1 is 1.21 bits per heavy atom. The summed E-state index contributed by atoms with van der Waals surface area (Å²) in [5, 5.41) is 8.40. The first-order valence-electron chi connectivity index (χ1n) is 6.38. The highest BCUT2D eigenvalue weighted by Crippen LogP contribution is 2.09. The van der Waals surface area contributed by atoms with Crippen LogP contribution in [0.4, 0.5) is 0 Å². The van der Waals surface area contributed by atoms with Crippen LogP contribution in [0.25, 0.3) is 0 Å². The predicted octanol–water partition coefficient (Wildman–Crippen LogP) is 1.49. The quantitative estimate of drug-likeness (QED) is 0.718. The summed E-state index contributed by atoms with van der Waals surface area (Å²) < 4.78 is 0. The number of benzene rings is 1. The minimum absolute atomic E-state index is 0.00576. The lowest BCUT2D eigenvalue weighted by atomic mass is 10.0. The summed E-state index contributed by atoms with van der Waals surface area (Å²) in [6, 6.07) is 8.45. The van der Waals surface area contributed by atoms with E-state index in [2.05, 4.69) is 39.9 Å². The number of H-pyrrole nitrogens is 1. The molecule has 0 aliphatic carbocycles. The number of nitrogens with one attached hydrogen (secondary N) is 3. The molecule has 0 radical (unpaired) electrons. The number of likely N-dealkylation sites (N-methyl/N-ethyl adjacent to an activating group) is 1. The normalized spacial score (nSPS) is 10.8. The topological polar surface area (TPSA) is 56.9 Å². The highest BCUT2D eigenvalue weighted by atomic mass is 32.1. The van der Waals surface area contributed by atoms with Crippen molar-refractivity contribution in [1.29, 1.82) is 0 Å². The van der Waals surface area contributed by atoms with E-state index in [0.717, 1.165) is 25.2 Å². The maximum atomic E-state index is 11.0. The molecule has 0 atom stereocenters. The third-order valence-corrected chi connectivity index (χ3v) is 3.68. The van der Waals surface area contributed by atoms with E-state index in [1.165, 1.54) is 22.5 Å². The van der Waals surface area contributed by atoms with Gasteiger partial charge in [-0.15, -0.1) is 0 Å². The number of rotatable bonds is 7. The van der Waals surface area contributed by atoms with Gasteiger partial charge in [-0.05, 0) is 31.1 Å². The molecule has 2 aromatic rings. The van der Waals surface area contributed by atoms with Gasteiger partial charge in [-0.2, -0.15) is 0 Å². The largest absolute Gasteiger partial charge is 0.319 e. The molecular formula is C14H19N3OS. The predicted molar refractivity (Wildman–Crippen MR) is 79.6 cm³/mol. The molecule has 0 saturated carbocycles. The zero-order chi connectivity index (χ0) is 13.5. The molecule has 1 aromatic carbocycles. The van der Waals surface area contributed by atoms with Crippen molar-refractivity contribution < 1.29 is 0 Å². The molecule has 0 unspecified atom stereocenters. The average molecular weight is 277 g/mol. The number of hydrogen-bond acceptors (Lipinski definition) is 4. The zero-order valence-electron chi connectivity index (χ0n) is 11.0. The molecule has 3 N–H and O–H groups in total. The average Bonchev–Trinajstić information content (AvgIpc) is 2.83. The van der Waals surface area contributed by atoms with E-state index in [9.17, 15) is 4.79 Å². The molecule has 4 nitrogen and oxygen atoms in total. The highest BCUT2D eigenvalue weighted by molar-refractivity contribution is 7.07. The van der Waals surface area contributed by atoms with Crippen molar-refractivity contribution in [2.75, 3.05) is 13.6 Å². The summed E-state index contributed by atoms with van der Waals surface area (Å²) in [5.74, 6) is 0. The van der Waals surface area contributed by atoms with Crippen molar-refractivity contribution in [2.24, 2.45) is 0 Å². The van der Waals surface area contributed by atoms with Gasteiger partial charge in [0.05, 0.1) is 0 Å². The Morgan fingerprint density at radius 3 is 2.68 bits per heavy atom. The van der Waals surface area contributed by atoms with Gasteiger partial charge in [0.1, 0.15) is 0 Å². The van der Waals surface area contributed by atoms with Crippen LogP contribution in [0.3, 0.4) is 0 Å². The lowest BCUT2D eigenvalue weighted by Crippen LogP contribution is -2.16. The first-order valence-corrected chi connectivity index (χ1v) is 7.26. The fourth-order valence-corrected chi connectivity index (χ4v) is 2.55. The van der Waals surface area contributed by atoms with Crippen LogP contribution < -0.4 is 15.5 Å². The second kappa shape index (κ2) is 7.23. The summed E-state index contributed by atoms with van der Waals surface area (Å²) in [6.45, 7) is 2.49. The fourth-order valence-electron chi connectivity index (χ4n) is 1.97. The third-order valence-electron chi connectivity index (χ3n) is 2.96. The smallest absolute Gasteiger partial charge is 0.304 e. The molecule has 102 valence electrons. The van der Waals surface area contributed by atoms with Gasteiger partial charge in [-0.3, -0.25) is 4.79 Å². The van der Waals surface area contributed by atoms with Gasteiger partial charge in [0.2, 0.25) is 0 Å². The Balaban J connectivity index is 1.89. The molecule has 1 heterocycles. The molecule has 0 aliphatic rings. The molecule has 2 rings (SSSR count). The molecule has 0 amide bonds. The minimum Gasteiger partial charge on any atom is -0.319 e. The van der Waals surface area contributed by atoms with E-state index in [0.29, 0.717) is 6.54 Å². The second-order valence-electron chi connectivity index (χ2n) is 4.40. The summed E-state index contributed by atoms with van der Waals surface area (Å²) in [5.41, 5.74) is 3.63. The van der Waals surface area contributed by atoms with Crippen molar-refractivity contribution >= 4 is 11.3 Å². The van der Waals surface area contributed by atoms with Crippen LogP contribution in [0.1, 0.15) is 16.8 Å². The number of hydrogen-bond donors (Lipinski definition) is 3. The molecule has 0 fully saturated rings. The SMILES string of the molecule is CNCCc1ccccc1CNCc1csc(=O)[nH]1. The van der Waals surface area contributed by atoms with Crippen molar-refractivity contribution in [2.45, 2.75) is 19.5 Å². The zero-order valence-corrected chi connectivity index (χ0v) is 11.8. The van der Waals surface area contributed by atoms with Crippen LogP contribution in [0, 0.1) is 0 Å². The van der Waals surface area contributed by atoms with Crippen molar-refractivity contribution in [1.82, 2.24) is 15.6 Å². The van der Waals surface area contributed by atoms with Gasteiger partial charge >= 0.3 is 4.87 Å². The van der Waals surface area contributed by atoms with Crippen LogP contribution in [0.5, 0.6) is 0 Å². The van der Waals surface area contributed by atoms with E-state index in [4.69, 9.17) is 0 Å². The van der Waals surface area contributed by atoms with Crippen molar-refractivity contribution in [3.05, 3.63) is 56.1 Å². The van der Waals surface area contributed by atoms with E-state index in [-0.39, 0.29) is 4.87 Å². The molecule has 0 bridgehead atoms. The Bertz CT molecular complexity index is 562. The summed E-state index contributed by atoms with van der Waals surface area (Å²) in [7, 11) is 1.97. The van der Waals surface area contributed by atoms with E-state index in [1.807, 2.05) is 12.4 Å². The van der Waals surface area contributed by atoms with Gasteiger partial charge in [0.25, 0.3) is 0 Å². The Labute approximate surface area is 116 Å². The van der Waals surface area contributed by atoms with E-state index in [1.54, 1.807) is 0 Å². The number of thiazole rings is 1. The maximum absolute atomic E-state index is 11.0. The van der Waals surface area contributed by atoms with Gasteiger partial charge in [0.15, 0.2) is 0 Å². The van der Waals surface area contributed by atoms with E-state index < -0.39 is 0 Å². The molecule has 5 heteroatoms. The summed E-state index contributed by atoms with van der Waals surface area (Å²) in [4.78, 5) is 13.8. The lowest BCUT2D eigenvalue weighted by molar-refractivity contribution is 0.673. The third kappa shape index (κ3) is 4.31. The van der Waals surface area contributed by atoms with Crippen molar-refractivity contribution in [3.8, 4) is 0 Å². The Hall–Kier alpha value is -1.43. The Kier molecular flexibility index (Phi) is 5.32. The van der Waals surface area contributed by atoms with Gasteiger partial charge in [0, 0.05) is 24.2 Å². The number of aromatic amines is 1. The van der Waals surface area contributed by atoms with Crippen LogP contribution >= 0.6 is 11.3 Å². The molecule has 0 spiro atoms. The number of aromatic nitrogens is 1. The monoisotopic (exact) mass is 277 g/mol. The van der Waals surface area contributed by atoms with Gasteiger partial charge < -0.3 is 15.6 Å². The van der Waals surface area contributed by atoms with Gasteiger partial charge in [-0.1, -0.05) is 35.6 Å². The van der Waals surface area contributed by atoms with E-state index >= 15 is 0 Å². The minimum atomic E-state index is 0.00576. The van der Waals surface area contributed by atoms with Crippen LogP contribution in [0.15, 0.2) is 34.4 Å². The molecule has 1 aromatic heterocycles. The Morgan fingerprint density at radius 2 is 2.00 bits per heavy atom. The highest BCUT2D eigenvalue weighted by Gasteiger charge is 2.02. The first-order chi connectivity index (χ1) is 9.29. The summed E-state index contributed by atoms with van der Waals surface area (Å²) >= 11 is 1.21. The van der Waals surface area contributed by atoms with Crippen LogP contribution in [0.2, 0.25) is 0 Å².